The standard InChI is InChI=1S/C17H23N5O3/c1-13-18-19-16(25-13)22-8-4-6-17(12-22)11-21(9-10-24-17)15(23)14-5-3-7-20(14)2/h3,5,7H,4,6,8-12H2,1-2H3. The van der Waals surface area contributed by atoms with E-state index in [2.05, 4.69) is 15.1 Å². The van der Waals surface area contributed by atoms with Crippen molar-refractivity contribution in [2.24, 2.45) is 7.05 Å². The van der Waals surface area contributed by atoms with Gasteiger partial charge in [0, 0.05) is 33.3 Å². The van der Waals surface area contributed by atoms with E-state index >= 15 is 0 Å². The van der Waals surface area contributed by atoms with Gasteiger partial charge in [-0.1, -0.05) is 5.10 Å². The summed E-state index contributed by atoms with van der Waals surface area (Å²) in [5.74, 6) is 0.612. The van der Waals surface area contributed by atoms with Gasteiger partial charge in [0.15, 0.2) is 0 Å². The molecule has 0 radical (unpaired) electrons. The lowest BCUT2D eigenvalue weighted by Gasteiger charge is -2.47. The van der Waals surface area contributed by atoms with Gasteiger partial charge in [0.2, 0.25) is 5.89 Å². The van der Waals surface area contributed by atoms with E-state index in [1.807, 2.05) is 34.8 Å². The third kappa shape index (κ3) is 3.02. The molecule has 8 nitrogen and oxygen atoms in total. The monoisotopic (exact) mass is 345 g/mol. The molecule has 2 aliphatic rings. The van der Waals surface area contributed by atoms with Crippen LogP contribution in [0, 0.1) is 6.92 Å². The lowest BCUT2D eigenvalue weighted by atomic mass is 9.90. The number of anilines is 1. The van der Waals surface area contributed by atoms with E-state index in [9.17, 15) is 4.79 Å². The lowest BCUT2D eigenvalue weighted by molar-refractivity contribution is -0.105. The summed E-state index contributed by atoms with van der Waals surface area (Å²) in [7, 11) is 1.89. The van der Waals surface area contributed by atoms with Gasteiger partial charge in [-0.3, -0.25) is 4.79 Å². The van der Waals surface area contributed by atoms with E-state index in [1.165, 1.54) is 0 Å². The third-order valence-electron chi connectivity index (χ3n) is 5.02. The molecule has 0 N–H and O–H groups in total. The minimum absolute atomic E-state index is 0.0564. The Bertz CT molecular complexity index is 766. The minimum atomic E-state index is -0.375. The first kappa shape index (κ1) is 16.1. The number of aryl methyl sites for hydroxylation is 2. The van der Waals surface area contributed by atoms with Gasteiger partial charge < -0.3 is 23.5 Å². The maximum Gasteiger partial charge on any atom is 0.318 e. The number of nitrogens with zero attached hydrogens (tertiary/aromatic N) is 5. The molecule has 4 rings (SSSR count). The second-order valence-electron chi connectivity index (χ2n) is 6.89. The Kier molecular flexibility index (Phi) is 3.99. The summed E-state index contributed by atoms with van der Waals surface area (Å²) >= 11 is 0. The van der Waals surface area contributed by atoms with Gasteiger partial charge in [-0.25, -0.2) is 0 Å². The number of carbonyl (C=O) groups is 1. The van der Waals surface area contributed by atoms with Crippen molar-refractivity contribution in [3.63, 3.8) is 0 Å². The van der Waals surface area contributed by atoms with Crippen LogP contribution in [0.1, 0.15) is 29.2 Å². The Labute approximate surface area is 146 Å². The second-order valence-corrected chi connectivity index (χ2v) is 6.89. The molecular weight excluding hydrogens is 322 g/mol. The predicted molar refractivity (Wildman–Crippen MR) is 90.5 cm³/mol. The van der Waals surface area contributed by atoms with Crippen molar-refractivity contribution in [2.75, 3.05) is 37.7 Å². The van der Waals surface area contributed by atoms with Crippen LogP contribution in [0.25, 0.3) is 0 Å². The molecule has 0 saturated carbocycles. The molecule has 2 aliphatic heterocycles. The predicted octanol–water partition coefficient (Wildman–Crippen LogP) is 1.23. The number of carbonyl (C=O) groups excluding carboxylic acids is 1. The lowest BCUT2D eigenvalue weighted by Crippen LogP contribution is -2.61. The minimum Gasteiger partial charge on any atom is -0.408 e. The summed E-state index contributed by atoms with van der Waals surface area (Å²) in [6.07, 6.45) is 3.78. The normalized spacial score (nSPS) is 24.1. The number of hydrogen-bond donors (Lipinski definition) is 0. The molecule has 2 aromatic heterocycles. The molecule has 0 aliphatic carbocycles. The summed E-state index contributed by atoms with van der Waals surface area (Å²) in [5.41, 5.74) is 0.330. The van der Waals surface area contributed by atoms with E-state index in [-0.39, 0.29) is 11.5 Å². The summed E-state index contributed by atoms with van der Waals surface area (Å²) in [4.78, 5) is 16.8. The zero-order chi connectivity index (χ0) is 17.4. The highest BCUT2D eigenvalue weighted by atomic mass is 16.5. The van der Waals surface area contributed by atoms with Crippen LogP contribution in [-0.2, 0) is 11.8 Å². The van der Waals surface area contributed by atoms with Crippen molar-refractivity contribution in [3.8, 4) is 0 Å². The zero-order valence-corrected chi connectivity index (χ0v) is 14.6. The van der Waals surface area contributed by atoms with E-state index in [0.29, 0.717) is 43.8 Å². The highest BCUT2D eigenvalue weighted by Crippen LogP contribution is 2.31. The third-order valence-corrected chi connectivity index (χ3v) is 5.02. The van der Waals surface area contributed by atoms with Crippen molar-refractivity contribution in [1.82, 2.24) is 19.7 Å². The van der Waals surface area contributed by atoms with E-state index in [4.69, 9.17) is 9.15 Å². The number of hydrogen-bond acceptors (Lipinski definition) is 6. The fourth-order valence-corrected chi connectivity index (χ4v) is 3.79. The fraction of sp³-hybridized carbons (Fsp3) is 0.588. The van der Waals surface area contributed by atoms with Crippen molar-refractivity contribution in [2.45, 2.75) is 25.4 Å². The first-order valence-corrected chi connectivity index (χ1v) is 8.66. The maximum absolute atomic E-state index is 12.9. The smallest absolute Gasteiger partial charge is 0.318 e. The molecule has 1 unspecified atom stereocenters. The molecule has 1 spiro atoms. The number of morpholine rings is 1. The average molecular weight is 345 g/mol. The van der Waals surface area contributed by atoms with Gasteiger partial charge in [-0.05, 0) is 25.0 Å². The molecular formula is C17H23N5O3. The first-order valence-electron chi connectivity index (χ1n) is 8.66. The van der Waals surface area contributed by atoms with E-state index < -0.39 is 0 Å². The average Bonchev–Trinajstić information content (AvgIpc) is 3.23. The van der Waals surface area contributed by atoms with E-state index in [0.717, 1.165) is 19.4 Å². The van der Waals surface area contributed by atoms with Gasteiger partial charge >= 0.3 is 6.01 Å². The van der Waals surface area contributed by atoms with Crippen molar-refractivity contribution < 1.29 is 13.9 Å². The van der Waals surface area contributed by atoms with Crippen LogP contribution in [0.15, 0.2) is 22.7 Å². The highest BCUT2D eigenvalue weighted by molar-refractivity contribution is 5.92. The molecule has 2 aromatic rings. The van der Waals surface area contributed by atoms with Gasteiger partial charge in [0.05, 0.1) is 19.7 Å². The Hall–Kier alpha value is -2.35. The van der Waals surface area contributed by atoms with Crippen molar-refractivity contribution >= 4 is 11.9 Å². The number of amides is 1. The molecule has 0 aromatic carbocycles. The largest absolute Gasteiger partial charge is 0.408 e. The van der Waals surface area contributed by atoms with Gasteiger partial charge in [0.25, 0.3) is 5.91 Å². The number of aromatic nitrogens is 3. The topological polar surface area (TPSA) is 76.6 Å². The number of ether oxygens (including phenoxy) is 1. The van der Waals surface area contributed by atoms with Crippen LogP contribution < -0.4 is 4.90 Å². The van der Waals surface area contributed by atoms with Crippen LogP contribution in [0.5, 0.6) is 0 Å². The maximum atomic E-state index is 12.9. The Morgan fingerprint density at radius 2 is 2.16 bits per heavy atom. The van der Waals surface area contributed by atoms with Crippen molar-refractivity contribution in [3.05, 3.63) is 29.9 Å². The van der Waals surface area contributed by atoms with E-state index in [1.54, 1.807) is 6.92 Å². The summed E-state index contributed by atoms with van der Waals surface area (Å²) in [5, 5.41) is 8.04. The van der Waals surface area contributed by atoms with Crippen LogP contribution in [-0.4, -0.2) is 64.0 Å². The highest BCUT2D eigenvalue weighted by Gasteiger charge is 2.43. The fourth-order valence-electron chi connectivity index (χ4n) is 3.79. The number of rotatable bonds is 2. The Balaban J connectivity index is 1.51. The SMILES string of the molecule is Cc1nnc(N2CCCC3(CN(C(=O)c4cccn4C)CCO3)C2)o1. The molecule has 8 heteroatoms. The Morgan fingerprint density at radius 3 is 2.88 bits per heavy atom. The van der Waals surface area contributed by atoms with Crippen LogP contribution in [0.2, 0.25) is 0 Å². The number of piperidine rings is 1. The molecule has 1 amide bonds. The molecule has 134 valence electrons. The molecule has 4 heterocycles. The summed E-state index contributed by atoms with van der Waals surface area (Å²) < 4.78 is 13.6. The van der Waals surface area contributed by atoms with Crippen LogP contribution in [0.4, 0.5) is 6.01 Å². The summed E-state index contributed by atoms with van der Waals surface area (Å²) in [6.45, 7) is 5.05. The molecule has 0 bridgehead atoms. The van der Waals surface area contributed by atoms with Crippen molar-refractivity contribution in [1.29, 1.82) is 0 Å². The van der Waals surface area contributed by atoms with Gasteiger partial charge in [-0.2, -0.15) is 0 Å². The molecule has 2 fully saturated rings. The quantitative estimate of drug-likeness (QED) is 0.815. The van der Waals surface area contributed by atoms with Crippen LogP contribution in [0.3, 0.4) is 0 Å². The van der Waals surface area contributed by atoms with Crippen LogP contribution >= 0.6 is 0 Å². The van der Waals surface area contributed by atoms with Gasteiger partial charge in [-0.15, -0.1) is 5.10 Å². The molecule has 1 atom stereocenters. The Morgan fingerprint density at radius 1 is 1.28 bits per heavy atom. The summed E-state index contributed by atoms with van der Waals surface area (Å²) in [6, 6.07) is 4.29. The second kappa shape index (κ2) is 6.18. The van der Waals surface area contributed by atoms with Gasteiger partial charge in [0.1, 0.15) is 11.3 Å². The first-order chi connectivity index (χ1) is 12.1. The molecule has 25 heavy (non-hydrogen) atoms. The zero-order valence-electron chi connectivity index (χ0n) is 14.6. The molecule has 2 saturated heterocycles.